The molecule has 0 aliphatic carbocycles. The second-order valence-corrected chi connectivity index (χ2v) is 8.45. The minimum Gasteiger partial charge on any atom is -0.390 e. The Balaban J connectivity index is 1.54. The highest BCUT2D eigenvalue weighted by atomic mass is 19.4. The van der Waals surface area contributed by atoms with Gasteiger partial charge in [0.25, 0.3) is 0 Å². The summed E-state index contributed by atoms with van der Waals surface area (Å²) in [6.07, 6.45) is -4.66. The zero-order chi connectivity index (χ0) is 22.9. The number of hydrogen-bond acceptors (Lipinski definition) is 8. The monoisotopic (exact) mass is 456 g/mol. The van der Waals surface area contributed by atoms with E-state index in [1.165, 1.54) is 12.1 Å². The molecule has 2 aliphatic heterocycles. The number of aliphatic hydroxyl groups excluding tert-OH is 2. The fourth-order valence-corrected chi connectivity index (χ4v) is 4.32. The normalized spacial score (nSPS) is 24.4. The molecule has 2 aromatic rings. The molecule has 3 atom stereocenters. The van der Waals surface area contributed by atoms with Crippen LogP contribution in [0.1, 0.15) is 41.1 Å². The summed E-state index contributed by atoms with van der Waals surface area (Å²) in [6, 6.07) is 5.15. The molecule has 0 bridgehead atoms. The van der Waals surface area contributed by atoms with Gasteiger partial charge < -0.3 is 19.5 Å². The largest absolute Gasteiger partial charge is 0.416 e. The van der Waals surface area contributed by atoms with Gasteiger partial charge in [0.15, 0.2) is 12.2 Å². The number of ether oxygens (including phenoxy) is 1. The third-order valence-corrected chi connectivity index (χ3v) is 6.09. The Morgan fingerprint density at radius 2 is 1.78 bits per heavy atom. The van der Waals surface area contributed by atoms with Crippen LogP contribution in [-0.2, 0) is 17.3 Å². The van der Waals surface area contributed by atoms with Crippen LogP contribution in [0, 0.1) is 0 Å². The van der Waals surface area contributed by atoms with E-state index in [4.69, 9.17) is 9.26 Å². The average molecular weight is 456 g/mol. The predicted octanol–water partition coefficient (Wildman–Crippen LogP) is 1.80. The van der Waals surface area contributed by atoms with Gasteiger partial charge in [0.2, 0.25) is 5.89 Å². The summed E-state index contributed by atoms with van der Waals surface area (Å²) in [6.45, 7) is 2.11. The van der Waals surface area contributed by atoms with Crippen molar-refractivity contribution in [3.05, 3.63) is 47.1 Å². The van der Waals surface area contributed by atoms with E-state index in [0.29, 0.717) is 57.3 Å². The van der Waals surface area contributed by atoms with Gasteiger partial charge in [0.05, 0.1) is 24.2 Å². The van der Waals surface area contributed by atoms with Crippen LogP contribution in [-0.4, -0.2) is 82.5 Å². The van der Waals surface area contributed by atoms with Crippen molar-refractivity contribution >= 4 is 0 Å². The molecule has 0 radical (unpaired) electrons. The number of hydrogen-bond donors (Lipinski definition) is 2. The summed E-state index contributed by atoms with van der Waals surface area (Å²) in [7, 11) is 1.59. The van der Waals surface area contributed by atoms with E-state index < -0.39 is 24.2 Å². The number of rotatable bonds is 7. The van der Waals surface area contributed by atoms with Crippen molar-refractivity contribution in [3.8, 4) is 0 Å². The number of methoxy groups -OCH3 is 1. The number of β-amino-alcohol motifs (C(OH)–C–C–N with tert-alkyl or cyclic N) is 1. The molecular formula is C21H27F3N4O4. The van der Waals surface area contributed by atoms with Gasteiger partial charge in [0, 0.05) is 39.7 Å². The molecule has 4 rings (SSSR count). The second kappa shape index (κ2) is 9.44. The van der Waals surface area contributed by atoms with Gasteiger partial charge in [-0.15, -0.1) is 0 Å². The first-order valence-electron chi connectivity index (χ1n) is 10.6. The number of aromatic nitrogens is 2. The van der Waals surface area contributed by atoms with Crippen molar-refractivity contribution in [2.45, 2.75) is 43.3 Å². The fraction of sp³-hybridized carbons (Fsp3) is 0.619. The lowest BCUT2D eigenvalue weighted by Crippen LogP contribution is -2.62. The van der Waals surface area contributed by atoms with E-state index in [9.17, 15) is 23.4 Å². The zero-order valence-corrected chi connectivity index (χ0v) is 17.7. The first-order chi connectivity index (χ1) is 15.2. The third kappa shape index (κ3) is 5.12. The molecule has 3 heterocycles. The number of alkyl halides is 3. The number of piperidine rings is 1. The highest BCUT2D eigenvalue weighted by Gasteiger charge is 2.40. The number of benzene rings is 1. The number of aliphatic hydroxyl groups is 2. The van der Waals surface area contributed by atoms with Gasteiger partial charge in [-0.1, -0.05) is 17.3 Å². The van der Waals surface area contributed by atoms with Crippen molar-refractivity contribution in [1.29, 1.82) is 0 Å². The SMILES string of the molecule is COCCc1noc(C2CC(c3ccc(C(F)(F)F)cc3)CN(C(O)N3CC(O)C3)C2)n1. The lowest BCUT2D eigenvalue weighted by Gasteiger charge is -2.47. The maximum Gasteiger partial charge on any atom is 0.416 e. The van der Waals surface area contributed by atoms with Crippen LogP contribution in [0.5, 0.6) is 0 Å². The fourth-order valence-electron chi connectivity index (χ4n) is 4.32. The van der Waals surface area contributed by atoms with Crippen LogP contribution in [0.2, 0.25) is 0 Å². The molecule has 1 aromatic heterocycles. The summed E-state index contributed by atoms with van der Waals surface area (Å²) in [5, 5.41) is 24.4. The molecule has 32 heavy (non-hydrogen) atoms. The van der Waals surface area contributed by atoms with Gasteiger partial charge >= 0.3 is 6.18 Å². The van der Waals surface area contributed by atoms with Crippen molar-refractivity contribution in [2.24, 2.45) is 0 Å². The van der Waals surface area contributed by atoms with E-state index in [2.05, 4.69) is 10.1 Å². The minimum absolute atomic E-state index is 0.133. The lowest BCUT2D eigenvalue weighted by atomic mass is 9.84. The topological polar surface area (TPSA) is 95.1 Å². The van der Waals surface area contributed by atoms with Gasteiger partial charge in [-0.3, -0.25) is 9.80 Å². The molecule has 2 N–H and O–H groups in total. The van der Waals surface area contributed by atoms with E-state index in [1.807, 2.05) is 4.90 Å². The first kappa shape index (κ1) is 23.1. The molecule has 2 saturated heterocycles. The molecule has 11 heteroatoms. The van der Waals surface area contributed by atoms with Crippen LogP contribution in [0.3, 0.4) is 0 Å². The quantitative estimate of drug-likeness (QED) is 0.652. The molecule has 0 amide bonds. The van der Waals surface area contributed by atoms with E-state index >= 15 is 0 Å². The Kier molecular flexibility index (Phi) is 6.82. The lowest BCUT2D eigenvalue weighted by molar-refractivity contribution is -0.176. The Morgan fingerprint density at radius 1 is 1.12 bits per heavy atom. The van der Waals surface area contributed by atoms with E-state index in [0.717, 1.165) is 17.7 Å². The number of halogens is 3. The summed E-state index contributed by atoms with van der Waals surface area (Å²) >= 11 is 0. The van der Waals surface area contributed by atoms with Crippen LogP contribution in [0.15, 0.2) is 28.8 Å². The number of likely N-dealkylation sites (tertiary alicyclic amines) is 2. The average Bonchev–Trinajstić information content (AvgIpc) is 3.23. The first-order valence-corrected chi connectivity index (χ1v) is 10.6. The van der Waals surface area contributed by atoms with Crippen LogP contribution in [0.4, 0.5) is 13.2 Å². The van der Waals surface area contributed by atoms with Crippen molar-refractivity contribution in [2.75, 3.05) is 39.9 Å². The second-order valence-electron chi connectivity index (χ2n) is 8.45. The highest BCUT2D eigenvalue weighted by Crippen LogP contribution is 2.38. The molecule has 3 unspecified atom stereocenters. The zero-order valence-electron chi connectivity index (χ0n) is 17.7. The van der Waals surface area contributed by atoms with Gasteiger partial charge in [0.1, 0.15) is 0 Å². The van der Waals surface area contributed by atoms with Crippen LogP contribution in [0.25, 0.3) is 0 Å². The third-order valence-electron chi connectivity index (χ3n) is 6.09. The van der Waals surface area contributed by atoms with Crippen molar-refractivity contribution < 1.29 is 32.6 Å². The summed E-state index contributed by atoms with van der Waals surface area (Å²) < 4.78 is 49.4. The number of nitrogens with zero attached hydrogens (tertiary/aromatic N) is 4. The van der Waals surface area contributed by atoms with E-state index in [1.54, 1.807) is 12.0 Å². The summed E-state index contributed by atoms with van der Waals surface area (Å²) in [5.41, 5.74) is 0.0578. The molecule has 176 valence electrons. The molecule has 0 spiro atoms. The Hall–Kier alpha value is -2.05. The van der Waals surface area contributed by atoms with Gasteiger partial charge in [-0.2, -0.15) is 18.2 Å². The summed E-state index contributed by atoms with van der Waals surface area (Å²) in [5.74, 6) is 0.636. The minimum atomic E-state index is -4.39. The smallest absolute Gasteiger partial charge is 0.390 e. The Labute approximate surface area is 183 Å². The van der Waals surface area contributed by atoms with Crippen molar-refractivity contribution in [1.82, 2.24) is 19.9 Å². The van der Waals surface area contributed by atoms with E-state index in [-0.39, 0.29) is 11.8 Å². The molecule has 2 aliphatic rings. The van der Waals surface area contributed by atoms with Crippen LogP contribution >= 0.6 is 0 Å². The molecule has 0 saturated carbocycles. The van der Waals surface area contributed by atoms with Crippen molar-refractivity contribution in [3.63, 3.8) is 0 Å². The van der Waals surface area contributed by atoms with Gasteiger partial charge in [-0.05, 0) is 30.0 Å². The van der Waals surface area contributed by atoms with Gasteiger partial charge in [-0.25, -0.2) is 0 Å². The van der Waals surface area contributed by atoms with Crippen LogP contribution < -0.4 is 0 Å². The Morgan fingerprint density at radius 3 is 2.41 bits per heavy atom. The standard InChI is InChI=1S/C21H27F3N4O4/c1-31-7-6-18-25-19(32-26-18)15-8-14(13-2-4-16(5-3-13)21(22,23)24)9-27(10-15)20(30)28-11-17(29)12-28/h2-5,14-15,17,20,29-30H,6-12H2,1H3. The molecule has 8 nitrogen and oxygen atoms in total. The highest BCUT2D eigenvalue weighted by molar-refractivity contribution is 5.28. The molecule has 2 fully saturated rings. The summed E-state index contributed by atoms with van der Waals surface area (Å²) in [4.78, 5) is 8.06. The maximum atomic E-state index is 13.0. The predicted molar refractivity (Wildman–Crippen MR) is 107 cm³/mol. The molecule has 1 aromatic carbocycles. The Bertz CT molecular complexity index is 886. The molecular weight excluding hydrogens is 429 g/mol. The maximum absolute atomic E-state index is 13.0.